The Morgan fingerprint density at radius 1 is 1.55 bits per heavy atom. The summed E-state index contributed by atoms with van der Waals surface area (Å²) in [6.07, 6.45) is -0.0925. The molecule has 0 aliphatic carbocycles. The molecule has 114 valence electrons. The summed E-state index contributed by atoms with van der Waals surface area (Å²) in [4.78, 5) is 1.99. The molecule has 1 atom stereocenters. The van der Waals surface area contributed by atoms with Gasteiger partial charge in [-0.15, -0.1) is 11.3 Å². The van der Waals surface area contributed by atoms with Gasteiger partial charge in [-0.2, -0.15) is 4.31 Å². The highest BCUT2D eigenvalue weighted by Gasteiger charge is 2.32. The van der Waals surface area contributed by atoms with E-state index in [0.29, 0.717) is 34.8 Å². The molecule has 1 aromatic heterocycles. The van der Waals surface area contributed by atoms with Crippen LogP contribution in [0.3, 0.4) is 0 Å². The lowest BCUT2D eigenvalue weighted by atomic mass is 10.3. The van der Waals surface area contributed by atoms with Crippen molar-refractivity contribution in [1.29, 1.82) is 0 Å². The number of rotatable bonds is 4. The highest BCUT2D eigenvalue weighted by Crippen LogP contribution is 2.32. The molecule has 1 aromatic rings. The van der Waals surface area contributed by atoms with Crippen molar-refractivity contribution in [2.45, 2.75) is 17.2 Å². The molecule has 0 N–H and O–H groups in total. The molecule has 2 rings (SSSR count). The van der Waals surface area contributed by atoms with Gasteiger partial charge in [0, 0.05) is 19.6 Å². The van der Waals surface area contributed by atoms with Gasteiger partial charge in [0.2, 0.25) is 0 Å². The van der Waals surface area contributed by atoms with E-state index in [0.717, 1.165) is 16.9 Å². The molecule has 0 saturated carbocycles. The lowest BCUT2D eigenvalue weighted by Crippen LogP contribution is -2.48. The minimum Gasteiger partial charge on any atom is -0.374 e. The molecule has 20 heavy (non-hydrogen) atoms. The van der Waals surface area contributed by atoms with Crippen LogP contribution in [0.2, 0.25) is 4.34 Å². The third-order valence-corrected chi connectivity index (χ3v) is 6.97. The topological polar surface area (TPSA) is 49.9 Å². The lowest BCUT2D eigenvalue weighted by molar-refractivity contribution is -0.0131. The van der Waals surface area contributed by atoms with Crippen LogP contribution in [0, 0.1) is 6.92 Å². The summed E-state index contributed by atoms with van der Waals surface area (Å²) in [5.41, 5.74) is 0.799. The monoisotopic (exact) mass is 338 g/mol. The fraction of sp³-hybridized carbons (Fsp3) is 0.667. The van der Waals surface area contributed by atoms with Crippen LogP contribution in [-0.4, -0.2) is 64.1 Å². The largest absolute Gasteiger partial charge is 0.374 e. The third kappa shape index (κ3) is 3.52. The fourth-order valence-corrected chi connectivity index (χ4v) is 5.43. The molecule has 8 heteroatoms. The normalized spacial score (nSPS) is 21.6. The van der Waals surface area contributed by atoms with Crippen molar-refractivity contribution < 1.29 is 13.2 Å². The molecule has 1 fully saturated rings. The third-order valence-electron chi connectivity index (χ3n) is 3.10. The Balaban J connectivity index is 2.17. The summed E-state index contributed by atoms with van der Waals surface area (Å²) in [5.74, 6) is 0. The number of sulfonamides is 1. The number of morpholine rings is 1. The Labute approximate surface area is 129 Å². The van der Waals surface area contributed by atoms with Gasteiger partial charge in [0.1, 0.15) is 4.21 Å². The summed E-state index contributed by atoms with van der Waals surface area (Å²) < 4.78 is 33.1. The molecule has 0 aromatic carbocycles. The van der Waals surface area contributed by atoms with E-state index in [9.17, 15) is 8.42 Å². The van der Waals surface area contributed by atoms with Gasteiger partial charge < -0.3 is 9.64 Å². The second-order valence-corrected chi connectivity index (χ2v) is 8.96. The molecule has 0 bridgehead atoms. The molecule has 1 aliphatic rings. The number of hydrogen-bond donors (Lipinski definition) is 0. The Morgan fingerprint density at radius 3 is 2.80 bits per heavy atom. The fourth-order valence-electron chi connectivity index (χ4n) is 2.11. The van der Waals surface area contributed by atoms with Gasteiger partial charge in [-0.3, -0.25) is 0 Å². The van der Waals surface area contributed by atoms with Gasteiger partial charge in [0.15, 0.2) is 0 Å². The molecule has 5 nitrogen and oxygen atoms in total. The van der Waals surface area contributed by atoms with Crippen molar-refractivity contribution in [3.8, 4) is 0 Å². The van der Waals surface area contributed by atoms with Crippen LogP contribution in [0.4, 0.5) is 0 Å². The predicted molar refractivity (Wildman–Crippen MR) is 81.1 cm³/mol. The van der Waals surface area contributed by atoms with Crippen LogP contribution < -0.4 is 0 Å². The summed E-state index contributed by atoms with van der Waals surface area (Å²) in [6, 6.07) is 1.64. The van der Waals surface area contributed by atoms with Crippen molar-refractivity contribution in [3.05, 3.63) is 16.0 Å². The lowest BCUT2D eigenvalue weighted by Gasteiger charge is -2.33. The summed E-state index contributed by atoms with van der Waals surface area (Å²) in [5, 5.41) is 0. The average Bonchev–Trinajstić information content (AvgIpc) is 2.70. The first kappa shape index (κ1) is 16.2. The molecule has 0 radical (unpaired) electrons. The van der Waals surface area contributed by atoms with E-state index in [2.05, 4.69) is 0 Å². The molecule has 1 aliphatic heterocycles. The van der Waals surface area contributed by atoms with Crippen molar-refractivity contribution >= 4 is 33.0 Å². The second kappa shape index (κ2) is 6.29. The predicted octanol–water partition coefficient (Wildman–Crippen LogP) is 1.66. The summed E-state index contributed by atoms with van der Waals surface area (Å²) in [7, 11) is 0.424. The van der Waals surface area contributed by atoms with Gasteiger partial charge in [-0.25, -0.2) is 8.42 Å². The molecule has 1 saturated heterocycles. The smallest absolute Gasteiger partial charge is 0.252 e. The van der Waals surface area contributed by atoms with Crippen LogP contribution in [0.5, 0.6) is 0 Å². The van der Waals surface area contributed by atoms with Crippen molar-refractivity contribution in [3.63, 3.8) is 0 Å². The Kier molecular flexibility index (Phi) is 5.09. The first-order valence-electron chi connectivity index (χ1n) is 6.33. The van der Waals surface area contributed by atoms with E-state index in [1.165, 1.54) is 4.31 Å². The van der Waals surface area contributed by atoms with Crippen molar-refractivity contribution in [2.75, 3.05) is 40.3 Å². The molecule has 1 unspecified atom stereocenters. The Morgan fingerprint density at radius 2 is 2.25 bits per heavy atom. The van der Waals surface area contributed by atoms with E-state index in [1.54, 1.807) is 6.07 Å². The van der Waals surface area contributed by atoms with Crippen LogP contribution in [0.25, 0.3) is 0 Å². The number of halogens is 1. The molecular weight excluding hydrogens is 320 g/mol. The van der Waals surface area contributed by atoms with E-state index in [4.69, 9.17) is 16.3 Å². The molecule has 0 amide bonds. The Bertz CT molecular complexity index is 552. The SMILES string of the molecule is Cc1cc(S(=O)(=O)N2CCOC(CN(C)C)C2)sc1Cl. The molecule has 0 spiro atoms. The number of aryl methyl sites for hydroxylation is 1. The van der Waals surface area contributed by atoms with Crippen LogP contribution in [0.15, 0.2) is 10.3 Å². The van der Waals surface area contributed by atoms with Crippen molar-refractivity contribution in [1.82, 2.24) is 9.21 Å². The average molecular weight is 339 g/mol. The number of nitrogens with zero attached hydrogens (tertiary/aromatic N) is 2. The van der Waals surface area contributed by atoms with Crippen LogP contribution in [0.1, 0.15) is 5.56 Å². The molecular formula is C12H19ClN2O3S2. The van der Waals surface area contributed by atoms with E-state index < -0.39 is 10.0 Å². The van der Waals surface area contributed by atoms with Crippen molar-refractivity contribution in [2.24, 2.45) is 0 Å². The second-order valence-electron chi connectivity index (χ2n) is 5.14. The zero-order valence-electron chi connectivity index (χ0n) is 11.8. The maximum Gasteiger partial charge on any atom is 0.252 e. The first-order chi connectivity index (χ1) is 9.30. The van der Waals surface area contributed by atoms with Gasteiger partial charge in [0.25, 0.3) is 10.0 Å². The summed E-state index contributed by atoms with van der Waals surface area (Å²) in [6.45, 7) is 3.72. The quantitative estimate of drug-likeness (QED) is 0.838. The van der Waals surface area contributed by atoms with Crippen LogP contribution in [-0.2, 0) is 14.8 Å². The number of likely N-dealkylation sites (N-methyl/N-ethyl adjacent to an activating group) is 1. The maximum absolute atomic E-state index is 12.6. The van der Waals surface area contributed by atoms with Gasteiger partial charge in [-0.05, 0) is 32.6 Å². The number of hydrogen-bond acceptors (Lipinski definition) is 5. The van der Waals surface area contributed by atoms with E-state index >= 15 is 0 Å². The Hall–Kier alpha value is -0.180. The highest BCUT2D eigenvalue weighted by atomic mass is 35.5. The number of ether oxygens (including phenoxy) is 1. The maximum atomic E-state index is 12.6. The minimum atomic E-state index is -3.46. The molecule has 2 heterocycles. The highest BCUT2D eigenvalue weighted by molar-refractivity contribution is 7.91. The zero-order chi connectivity index (χ0) is 14.9. The van der Waals surface area contributed by atoms with Gasteiger partial charge in [-0.1, -0.05) is 11.6 Å². The summed E-state index contributed by atoms with van der Waals surface area (Å²) >= 11 is 7.09. The number of thiophene rings is 1. The zero-order valence-corrected chi connectivity index (χ0v) is 14.2. The van der Waals surface area contributed by atoms with E-state index in [1.807, 2.05) is 25.9 Å². The standard InChI is InChI=1S/C12H19ClN2O3S2/c1-9-6-11(19-12(9)13)20(16,17)15-4-5-18-10(8-15)7-14(2)3/h6,10H,4-5,7-8H2,1-3H3. The minimum absolute atomic E-state index is 0.0925. The van der Waals surface area contributed by atoms with Crippen LogP contribution >= 0.6 is 22.9 Å². The van der Waals surface area contributed by atoms with Gasteiger partial charge in [0.05, 0.1) is 17.0 Å². The van der Waals surface area contributed by atoms with Gasteiger partial charge >= 0.3 is 0 Å². The van der Waals surface area contributed by atoms with E-state index in [-0.39, 0.29) is 6.10 Å². The first-order valence-corrected chi connectivity index (χ1v) is 8.96.